The van der Waals surface area contributed by atoms with Gasteiger partial charge in [-0.1, -0.05) is 6.92 Å². The second kappa shape index (κ2) is 6.13. The molecule has 0 amide bonds. The molecule has 0 spiro atoms. The summed E-state index contributed by atoms with van der Waals surface area (Å²) in [5.41, 5.74) is 1.27. The molecule has 0 saturated carbocycles. The van der Waals surface area contributed by atoms with Crippen LogP contribution in [0.1, 0.15) is 19.4 Å². The first-order valence-corrected chi connectivity index (χ1v) is 5.93. The Morgan fingerprint density at radius 3 is 2.80 bits per heavy atom. The van der Waals surface area contributed by atoms with E-state index in [9.17, 15) is 0 Å². The van der Waals surface area contributed by atoms with E-state index in [1.165, 1.54) is 5.56 Å². The molecule has 86 valence electrons. The van der Waals surface area contributed by atoms with Gasteiger partial charge in [0.2, 0.25) is 0 Å². The average molecular weight is 230 g/mol. The van der Waals surface area contributed by atoms with E-state index < -0.39 is 0 Å². The number of alkyl halides is 1. The van der Waals surface area contributed by atoms with Gasteiger partial charge in [0.15, 0.2) is 0 Å². The molecule has 1 aromatic rings. The molecule has 2 atom stereocenters. The molecule has 15 heavy (non-hydrogen) atoms. The minimum atomic E-state index is 0.471. The van der Waals surface area contributed by atoms with Gasteiger partial charge in [-0.3, -0.25) is 4.68 Å². The van der Waals surface area contributed by atoms with Gasteiger partial charge in [0.1, 0.15) is 0 Å². The van der Waals surface area contributed by atoms with Crippen molar-refractivity contribution in [3.05, 3.63) is 18.0 Å². The van der Waals surface area contributed by atoms with Crippen molar-refractivity contribution in [3.63, 3.8) is 0 Å². The van der Waals surface area contributed by atoms with Gasteiger partial charge in [0, 0.05) is 25.2 Å². The molecular formula is C11H20ClN3. The van der Waals surface area contributed by atoms with Gasteiger partial charge in [-0.2, -0.15) is 5.10 Å². The minimum Gasteiger partial charge on any atom is -0.314 e. The summed E-state index contributed by atoms with van der Waals surface area (Å²) in [4.78, 5) is 0. The Balaban J connectivity index is 2.21. The monoisotopic (exact) mass is 229 g/mol. The van der Waals surface area contributed by atoms with Gasteiger partial charge < -0.3 is 5.32 Å². The molecule has 1 N–H and O–H groups in total. The fourth-order valence-electron chi connectivity index (χ4n) is 1.38. The van der Waals surface area contributed by atoms with E-state index in [1.807, 2.05) is 17.9 Å². The molecule has 1 aromatic heterocycles. The summed E-state index contributed by atoms with van der Waals surface area (Å²) >= 11 is 5.79. The normalized spacial score (nSPS) is 15.2. The SMILES string of the molecule is CC(CCl)C(C)NCCc1cnn(C)c1. The number of nitrogens with zero attached hydrogens (tertiary/aromatic N) is 2. The summed E-state index contributed by atoms with van der Waals surface area (Å²) in [5, 5.41) is 7.60. The average Bonchev–Trinajstić information content (AvgIpc) is 2.63. The van der Waals surface area contributed by atoms with E-state index in [2.05, 4.69) is 30.5 Å². The van der Waals surface area contributed by atoms with Crippen LogP contribution in [-0.4, -0.2) is 28.2 Å². The lowest BCUT2D eigenvalue weighted by Gasteiger charge is -2.18. The van der Waals surface area contributed by atoms with Crippen molar-refractivity contribution in [3.8, 4) is 0 Å². The van der Waals surface area contributed by atoms with Gasteiger partial charge in [-0.15, -0.1) is 11.6 Å². The van der Waals surface area contributed by atoms with Gasteiger partial charge in [0.05, 0.1) is 6.20 Å². The minimum absolute atomic E-state index is 0.471. The highest BCUT2D eigenvalue weighted by molar-refractivity contribution is 6.18. The summed E-state index contributed by atoms with van der Waals surface area (Å²) in [6.45, 7) is 5.32. The number of rotatable bonds is 6. The van der Waals surface area contributed by atoms with Crippen LogP contribution in [0.3, 0.4) is 0 Å². The van der Waals surface area contributed by atoms with E-state index in [4.69, 9.17) is 11.6 Å². The maximum Gasteiger partial charge on any atom is 0.0522 e. The molecule has 0 aromatic carbocycles. The number of hydrogen-bond acceptors (Lipinski definition) is 2. The van der Waals surface area contributed by atoms with Crippen molar-refractivity contribution in [2.45, 2.75) is 26.3 Å². The second-order valence-electron chi connectivity index (χ2n) is 4.15. The zero-order valence-electron chi connectivity index (χ0n) is 9.70. The van der Waals surface area contributed by atoms with E-state index in [-0.39, 0.29) is 0 Å². The van der Waals surface area contributed by atoms with Crippen LogP contribution in [0.4, 0.5) is 0 Å². The molecule has 3 nitrogen and oxygen atoms in total. The molecule has 1 heterocycles. The summed E-state index contributed by atoms with van der Waals surface area (Å²) in [5.74, 6) is 1.22. The Morgan fingerprint density at radius 1 is 1.53 bits per heavy atom. The summed E-state index contributed by atoms with van der Waals surface area (Å²) < 4.78 is 1.83. The van der Waals surface area contributed by atoms with Crippen molar-refractivity contribution in [2.75, 3.05) is 12.4 Å². The maximum atomic E-state index is 5.79. The largest absolute Gasteiger partial charge is 0.314 e. The first-order chi connectivity index (χ1) is 7.13. The number of nitrogens with one attached hydrogen (secondary N) is 1. The molecule has 0 aliphatic carbocycles. The number of hydrogen-bond donors (Lipinski definition) is 1. The van der Waals surface area contributed by atoms with E-state index in [0.717, 1.165) is 13.0 Å². The predicted molar refractivity (Wildman–Crippen MR) is 64.3 cm³/mol. The van der Waals surface area contributed by atoms with Crippen LogP contribution >= 0.6 is 11.6 Å². The van der Waals surface area contributed by atoms with Crippen molar-refractivity contribution in [1.82, 2.24) is 15.1 Å². The van der Waals surface area contributed by atoms with Crippen molar-refractivity contribution < 1.29 is 0 Å². The number of halogens is 1. The highest BCUT2D eigenvalue weighted by Gasteiger charge is 2.09. The lowest BCUT2D eigenvalue weighted by molar-refractivity contribution is 0.434. The molecule has 0 radical (unpaired) electrons. The van der Waals surface area contributed by atoms with Crippen LogP contribution in [-0.2, 0) is 13.5 Å². The van der Waals surface area contributed by atoms with Gasteiger partial charge in [0.25, 0.3) is 0 Å². The van der Waals surface area contributed by atoms with E-state index >= 15 is 0 Å². The zero-order chi connectivity index (χ0) is 11.3. The third kappa shape index (κ3) is 4.22. The fraction of sp³-hybridized carbons (Fsp3) is 0.727. The van der Waals surface area contributed by atoms with E-state index in [0.29, 0.717) is 17.8 Å². The van der Waals surface area contributed by atoms with Crippen LogP contribution in [0, 0.1) is 5.92 Å². The molecule has 0 saturated heterocycles. The first-order valence-electron chi connectivity index (χ1n) is 5.40. The quantitative estimate of drug-likeness (QED) is 0.755. The van der Waals surface area contributed by atoms with Crippen LogP contribution in [0.2, 0.25) is 0 Å². The molecule has 0 bridgehead atoms. The molecule has 0 aliphatic heterocycles. The van der Waals surface area contributed by atoms with Crippen molar-refractivity contribution >= 4 is 11.6 Å². The van der Waals surface area contributed by atoms with Gasteiger partial charge in [-0.05, 0) is 31.4 Å². The predicted octanol–water partition coefficient (Wildman–Crippen LogP) is 1.82. The van der Waals surface area contributed by atoms with Crippen molar-refractivity contribution in [1.29, 1.82) is 0 Å². The summed E-state index contributed by atoms with van der Waals surface area (Å²) in [6.07, 6.45) is 4.99. The first kappa shape index (κ1) is 12.5. The Morgan fingerprint density at radius 2 is 2.27 bits per heavy atom. The molecule has 0 fully saturated rings. The smallest absolute Gasteiger partial charge is 0.0522 e. The molecule has 4 heteroatoms. The summed E-state index contributed by atoms with van der Waals surface area (Å²) in [7, 11) is 1.94. The molecule has 0 aliphatic rings. The van der Waals surface area contributed by atoms with E-state index in [1.54, 1.807) is 0 Å². The second-order valence-corrected chi connectivity index (χ2v) is 4.46. The highest BCUT2D eigenvalue weighted by Crippen LogP contribution is 2.04. The number of aryl methyl sites for hydroxylation is 1. The van der Waals surface area contributed by atoms with Gasteiger partial charge >= 0.3 is 0 Å². The molecule has 1 rings (SSSR count). The van der Waals surface area contributed by atoms with Crippen LogP contribution in [0.15, 0.2) is 12.4 Å². The Bertz CT molecular complexity index is 285. The molecule has 2 unspecified atom stereocenters. The lowest BCUT2D eigenvalue weighted by Crippen LogP contribution is -2.34. The Labute approximate surface area is 96.8 Å². The topological polar surface area (TPSA) is 29.9 Å². The number of aromatic nitrogens is 2. The third-order valence-electron chi connectivity index (χ3n) is 2.74. The Kier molecular flexibility index (Phi) is 5.12. The lowest BCUT2D eigenvalue weighted by atomic mass is 10.1. The Hall–Kier alpha value is -0.540. The standard InChI is InChI=1S/C11H20ClN3/c1-9(6-12)10(2)13-5-4-11-7-14-15(3)8-11/h7-10,13H,4-6H2,1-3H3. The highest BCUT2D eigenvalue weighted by atomic mass is 35.5. The summed E-state index contributed by atoms with van der Waals surface area (Å²) in [6, 6.07) is 0.471. The zero-order valence-corrected chi connectivity index (χ0v) is 10.5. The molecular weight excluding hydrogens is 210 g/mol. The van der Waals surface area contributed by atoms with Crippen LogP contribution < -0.4 is 5.32 Å². The maximum absolute atomic E-state index is 5.79. The van der Waals surface area contributed by atoms with Crippen molar-refractivity contribution in [2.24, 2.45) is 13.0 Å². The van der Waals surface area contributed by atoms with Crippen LogP contribution in [0.25, 0.3) is 0 Å². The fourth-order valence-corrected chi connectivity index (χ4v) is 1.65. The van der Waals surface area contributed by atoms with Crippen LogP contribution in [0.5, 0.6) is 0 Å². The third-order valence-corrected chi connectivity index (χ3v) is 3.22. The van der Waals surface area contributed by atoms with Gasteiger partial charge in [-0.25, -0.2) is 0 Å².